The molecule has 0 saturated carbocycles. The summed E-state index contributed by atoms with van der Waals surface area (Å²) in [5.41, 5.74) is 8.08. The Kier molecular flexibility index (Phi) is 4.21. The van der Waals surface area contributed by atoms with Crippen molar-refractivity contribution in [2.45, 2.75) is 0 Å². The van der Waals surface area contributed by atoms with E-state index < -0.39 is 0 Å². The van der Waals surface area contributed by atoms with Gasteiger partial charge in [-0.2, -0.15) is 0 Å². The Bertz CT molecular complexity index is 2330. The Morgan fingerprint density at radius 2 is 1.03 bits per heavy atom. The Morgan fingerprint density at radius 3 is 1.74 bits per heavy atom. The molecule has 9 rings (SSSR count). The Morgan fingerprint density at radius 1 is 0.436 bits per heavy atom. The molecule has 182 valence electrons. The van der Waals surface area contributed by atoms with E-state index in [9.17, 15) is 0 Å². The number of pyridine rings is 1. The van der Waals surface area contributed by atoms with Crippen LogP contribution in [0.2, 0.25) is 0 Å². The molecule has 4 aromatic heterocycles. The molecule has 0 aliphatic rings. The first-order chi connectivity index (χ1) is 19.3. The smallest absolute Gasteiger partial charge is 0.0963 e. The molecule has 4 heteroatoms. The van der Waals surface area contributed by atoms with E-state index >= 15 is 0 Å². The quantitative estimate of drug-likeness (QED) is 0.225. The van der Waals surface area contributed by atoms with Crippen molar-refractivity contribution in [1.82, 2.24) is 14.1 Å². The van der Waals surface area contributed by atoms with Crippen LogP contribution in [0.4, 0.5) is 0 Å². The number of nitrogens with zero attached hydrogens (tertiary/aromatic N) is 3. The molecule has 5 aromatic carbocycles. The zero-order chi connectivity index (χ0) is 25.5. The average Bonchev–Trinajstić information content (AvgIpc) is 3.63. The third kappa shape index (κ3) is 2.89. The van der Waals surface area contributed by atoms with Gasteiger partial charge in [0.2, 0.25) is 0 Å². The van der Waals surface area contributed by atoms with Gasteiger partial charge in [-0.1, -0.05) is 54.6 Å². The van der Waals surface area contributed by atoms with Gasteiger partial charge in [0, 0.05) is 53.9 Å². The molecule has 39 heavy (non-hydrogen) atoms. The van der Waals surface area contributed by atoms with Crippen LogP contribution in [0, 0.1) is 0 Å². The van der Waals surface area contributed by atoms with E-state index in [1.807, 2.05) is 23.6 Å². The molecule has 0 atom stereocenters. The number of aromatic nitrogens is 3. The minimum absolute atomic E-state index is 1.04. The van der Waals surface area contributed by atoms with Gasteiger partial charge >= 0.3 is 0 Å². The molecule has 0 bridgehead atoms. The molecule has 4 heterocycles. The maximum Gasteiger partial charge on any atom is 0.0963 e. The van der Waals surface area contributed by atoms with Crippen molar-refractivity contribution in [3.05, 3.63) is 128 Å². The Labute approximate surface area is 227 Å². The molecule has 0 aliphatic heterocycles. The summed E-state index contributed by atoms with van der Waals surface area (Å²) in [6.45, 7) is 0. The van der Waals surface area contributed by atoms with Crippen molar-refractivity contribution in [3.8, 4) is 11.4 Å². The second kappa shape index (κ2) is 7.79. The molecular weight excluding hydrogens is 494 g/mol. The molecule has 9 aromatic rings. The maximum absolute atomic E-state index is 4.83. The number of para-hydroxylation sites is 2. The molecular formula is C35H21N3S. The van der Waals surface area contributed by atoms with Crippen molar-refractivity contribution >= 4 is 75.3 Å². The van der Waals surface area contributed by atoms with Gasteiger partial charge in [0.1, 0.15) is 0 Å². The zero-order valence-electron chi connectivity index (χ0n) is 20.9. The van der Waals surface area contributed by atoms with E-state index in [4.69, 9.17) is 4.98 Å². The minimum atomic E-state index is 1.04. The largest absolute Gasteiger partial charge is 0.309 e. The summed E-state index contributed by atoms with van der Waals surface area (Å²) < 4.78 is 7.34. The van der Waals surface area contributed by atoms with E-state index in [1.165, 1.54) is 52.9 Å². The van der Waals surface area contributed by atoms with Crippen molar-refractivity contribution in [1.29, 1.82) is 0 Å². The van der Waals surface area contributed by atoms with Crippen LogP contribution in [0.3, 0.4) is 0 Å². The summed E-state index contributed by atoms with van der Waals surface area (Å²) >= 11 is 1.86. The van der Waals surface area contributed by atoms with Crippen LogP contribution in [0.1, 0.15) is 0 Å². The van der Waals surface area contributed by atoms with Crippen LogP contribution in [0.15, 0.2) is 128 Å². The van der Waals surface area contributed by atoms with Gasteiger partial charge in [-0.25, -0.2) is 0 Å². The number of hydrogen-bond donors (Lipinski definition) is 0. The first-order valence-corrected chi connectivity index (χ1v) is 14.0. The van der Waals surface area contributed by atoms with Crippen LogP contribution >= 0.6 is 11.3 Å². The number of hydrogen-bond acceptors (Lipinski definition) is 2. The van der Waals surface area contributed by atoms with Crippen LogP contribution < -0.4 is 0 Å². The third-order valence-electron chi connectivity index (χ3n) is 7.96. The summed E-state index contributed by atoms with van der Waals surface area (Å²) in [7, 11) is 0. The van der Waals surface area contributed by atoms with Gasteiger partial charge in [-0.05, 0) is 66.7 Å². The second-order valence-electron chi connectivity index (χ2n) is 10.1. The first kappa shape index (κ1) is 21.1. The van der Waals surface area contributed by atoms with Gasteiger partial charge in [-0.3, -0.25) is 4.98 Å². The summed E-state index contributed by atoms with van der Waals surface area (Å²) in [6, 6.07) is 43.8. The SMILES string of the molecule is c1ccc2c(c1)sc1cc3c(cc12)c1ncccc1n3-c1ccc(-n2c3ccccc3c3ccccc32)cc1. The molecule has 0 N–H and O–H groups in total. The molecule has 0 spiro atoms. The zero-order valence-corrected chi connectivity index (χ0v) is 21.7. The summed E-state index contributed by atoms with van der Waals surface area (Å²) in [5, 5.41) is 6.35. The van der Waals surface area contributed by atoms with Crippen LogP contribution in [0.5, 0.6) is 0 Å². The van der Waals surface area contributed by atoms with Crippen molar-refractivity contribution in [3.63, 3.8) is 0 Å². The monoisotopic (exact) mass is 515 g/mol. The second-order valence-corrected chi connectivity index (χ2v) is 11.1. The Hall–Kier alpha value is -4.93. The highest BCUT2D eigenvalue weighted by Gasteiger charge is 2.17. The van der Waals surface area contributed by atoms with Gasteiger partial charge < -0.3 is 9.13 Å². The number of rotatable bonds is 2. The maximum atomic E-state index is 4.83. The van der Waals surface area contributed by atoms with Gasteiger partial charge in [0.05, 0.1) is 27.6 Å². The predicted molar refractivity (Wildman–Crippen MR) is 166 cm³/mol. The summed E-state index contributed by atoms with van der Waals surface area (Å²) in [4.78, 5) is 4.83. The lowest BCUT2D eigenvalue weighted by Crippen LogP contribution is -1.97. The fourth-order valence-electron chi connectivity index (χ4n) is 6.28. The van der Waals surface area contributed by atoms with Crippen LogP contribution in [0.25, 0.3) is 75.3 Å². The van der Waals surface area contributed by atoms with Crippen molar-refractivity contribution in [2.24, 2.45) is 0 Å². The standard InChI is InChI=1S/C35H21N3S/c1-4-11-29-24(8-1)25-9-2-5-12-30(25)37(29)22-15-17-23(18-16-22)38-31-13-7-19-36-35(31)28-20-27-26-10-3-6-14-33(26)39-34(27)21-32(28)38/h1-21H. The van der Waals surface area contributed by atoms with Crippen molar-refractivity contribution < 1.29 is 0 Å². The number of thiophene rings is 1. The van der Waals surface area contributed by atoms with E-state index in [0.717, 1.165) is 22.4 Å². The number of fused-ring (bicyclic) bond motifs is 9. The fourth-order valence-corrected chi connectivity index (χ4v) is 7.40. The molecule has 0 fully saturated rings. The highest BCUT2D eigenvalue weighted by molar-refractivity contribution is 7.25. The number of benzene rings is 5. The lowest BCUT2D eigenvalue weighted by atomic mass is 10.1. The van der Waals surface area contributed by atoms with E-state index in [2.05, 4.69) is 124 Å². The van der Waals surface area contributed by atoms with Gasteiger partial charge in [0.25, 0.3) is 0 Å². The Balaban J connectivity index is 1.29. The highest BCUT2D eigenvalue weighted by atomic mass is 32.1. The van der Waals surface area contributed by atoms with E-state index in [0.29, 0.717) is 0 Å². The van der Waals surface area contributed by atoms with E-state index in [-0.39, 0.29) is 0 Å². The molecule has 0 unspecified atom stereocenters. The molecule has 0 radical (unpaired) electrons. The lowest BCUT2D eigenvalue weighted by molar-refractivity contribution is 1.14. The molecule has 0 saturated heterocycles. The predicted octanol–water partition coefficient (Wildman–Crippen LogP) is 9.64. The average molecular weight is 516 g/mol. The first-order valence-electron chi connectivity index (χ1n) is 13.1. The van der Waals surface area contributed by atoms with E-state index in [1.54, 1.807) is 0 Å². The van der Waals surface area contributed by atoms with Gasteiger partial charge in [-0.15, -0.1) is 11.3 Å². The highest BCUT2D eigenvalue weighted by Crippen LogP contribution is 2.40. The van der Waals surface area contributed by atoms with Gasteiger partial charge in [0.15, 0.2) is 0 Å². The summed E-state index contributed by atoms with van der Waals surface area (Å²) in [5.74, 6) is 0. The van der Waals surface area contributed by atoms with Crippen molar-refractivity contribution in [2.75, 3.05) is 0 Å². The summed E-state index contributed by atoms with van der Waals surface area (Å²) in [6.07, 6.45) is 1.90. The molecule has 0 aliphatic carbocycles. The lowest BCUT2D eigenvalue weighted by Gasteiger charge is -2.11. The topological polar surface area (TPSA) is 22.8 Å². The fraction of sp³-hybridized carbons (Fsp3) is 0. The van der Waals surface area contributed by atoms with Crippen LogP contribution in [-0.2, 0) is 0 Å². The van der Waals surface area contributed by atoms with Crippen LogP contribution in [-0.4, -0.2) is 14.1 Å². The third-order valence-corrected chi connectivity index (χ3v) is 9.10. The minimum Gasteiger partial charge on any atom is -0.309 e. The normalized spacial score (nSPS) is 12.1. The molecule has 0 amide bonds. The molecule has 3 nitrogen and oxygen atoms in total.